The van der Waals surface area contributed by atoms with Crippen molar-refractivity contribution >= 4 is 15.7 Å². The van der Waals surface area contributed by atoms with Gasteiger partial charge in [0.05, 0.1) is 22.5 Å². The van der Waals surface area contributed by atoms with Gasteiger partial charge in [-0.3, -0.25) is 20.0 Å². The van der Waals surface area contributed by atoms with Gasteiger partial charge < -0.3 is 4.90 Å². The summed E-state index contributed by atoms with van der Waals surface area (Å²) in [6.45, 7) is 1.80. The van der Waals surface area contributed by atoms with Crippen molar-refractivity contribution in [2.24, 2.45) is 0 Å². The van der Waals surface area contributed by atoms with Crippen molar-refractivity contribution in [3.63, 3.8) is 0 Å². The highest BCUT2D eigenvalue weighted by atomic mass is 32.2. The smallest absolute Gasteiger partial charge is 0.265 e. The Bertz CT molecular complexity index is 1120. The minimum atomic E-state index is -4.10. The second-order valence-electron chi connectivity index (χ2n) is 9.19. The molecule has 0 radical (unpaired) electrons. The number of piperidine rings is 1. The summed E-state index contributed by atoms with van der Waals surface area (Å²) in [7, 11) is -4.10. The molecular weight excluding hydrogens is 466 g/mol. The minimum Gasteiger partial charge on any atom is -0.300 e. The molecule has 2 N–H and O–H groups in total. The van der Waals surface area contributed by atoms with Crippen LogP contribution in [0.1, 0.15) is 44.7 Å². The number of halogens is 2. The number of alkyl halides is 2. The fourth-order valence-electron chi connectivity index (χ4n) is 4.42. The molecule has 0 spiro atoms. The molecular formula is C23H28F2N4O4S. The predicted molar refractivity (Wildman–Crippen MR) is 120 cm³/mol. The van der Waals surface area contributed by atoms with Gasteiger partial charge in [-0.05, 0) is 51.2 Å². The van der Waals surface area contributed by atoms with E-state index in [0.29, 0.717) is 36.1 Å². The van der Waals surface area contributed by atoms with E-state index in [4.69, 9.17) is 0 Å². The largest absolute Gasteiger partial charge is 0.300 e. The highest BCUT2D eigenvalue weighted by Crippen LogP contribution is 2.39. The molecule has 1 saturated carbocycles. The summed E-state index contributed by atoms with van der Waals surface area (Å²) < 4.78 is 51.5. The number of hydrogen-bond acceptors (Lipinski definition) is 7. The first kappa shape index (κ1) is 24.6. The third kappa shape index (κ3) is 4.96. The number of likely N-dealkylation sites (tertiary alicyclic amines) is 1. The van der Waals surface area contributed by atoms with Crippen LogP contribution in [0.25, 0.3) is 11.3 Å². The normalized spacial score (nSPS) is 19.1. The predicted octanol–water partition coefficient (Wildman–Crippen LogP) is 3.01. The number of aromatic nitrogens is 2. The quantitative estimate of drug-likeness (QED) is 0.429. The van der Waals surface area contributed by atoms with E-state index in [1.54, 1.807) is 17.6 Å². The Balaban J connectivity index is 1.53. The number of rotatable bonds is 8. The lowest BCUT2D eigenvalue weighted by Crippen LogP contribution is -2.58. The van der Waals surface area contributed by atoms with Gasteiger partial charge in [-0.15, -0.1) is 0 Å². The number of aryl methyl sites for hydroxylation is 1. The first-order valence-electron chi connectivity index (χ1n) is 11.3. The number of nitrogens with one attached hydrogen (secondary N) is 1. The summed E-state index contributed by atoms with van der Waals surface area (Å²) in [4.78, 5) is 23.2. The van der Waals surface area contributed by atoms with E-state index in [9.17, 15) is 27.2 Å². The number of carbonyl (C=O) groups is 1. The van der Waals surface area contributed by atoms with Crippen molar-refractivity contribution in [2.75, 3.05) is 13.1 Å². The van der Waals surface area contributed by atoms with E-state index in [2.05, 4.69) is 14.9 Å². The van der Waals surface area contributed by atoms with Gasteiger partial charge in [0.15, 0.2) is 14.6 Å². The Morgan fingerprint density at radius 3 is 2.32 bits per heavy atom. The molecule has 1 aliphatic carbocycles. The van der Waals surface area contributed by atoms with Crippen LogP contribution in [0.2, 0.25) is 0 Å². The lowest BCUT2D eigenvalue weighted by atomic mass is 9.94. The van der Waals surface area contributed by atoms with E-state index in [-0.39, 0.29) is 30.6 Å². The molecule has 2 aromatic rings. The van der Waals surface area contributed by atoms with Crippen LogP contribution < -0.4 is 5.48 Å². The zero-order valence-electron chi connectivity index (χ0n) is 18.9. The number of hydroxylamine groups is 1. The first-order chi connectivity index (χ1) is 16.1. The summed E-state index contributed by atoms with van der Waals surface area (Å²) in [5.74, 6) is -3.69. The van der Waals surface area contributed by atoms with Crippen LogP contribution in [-0.4, -0.2) is 64.2 Å². The zero-order chi connectivity index (χ0) is 24.6. The second-order valence-corrected chi connectivity index (χ2v) is 11.5. The van der Waals surface area contributed by atoms with Gasteiger partial charge in [-0.1, -0.05) is 12.1 Å². The highest BCUT2D eigenvalue weighted by molar-refractivity contribution is 7.93. The molecule has 1 amide bonds. The first-order valence-corrected chi connectivity index (χ1v) is 12.8. The second kappa shape index (κ2) is 9.27. The van der Waals surface area contributed by atoms with E-state index >= 15 is 0 Å². The van der Waals surface area contributed by atoms with E-state index in [0.717, 1.165) is 19.8 Å². The number of sulfone groups is 1. The van der Waals surface area contributed by atoms with Crippen molar-refractivity contribution in [3.05, 3.63) is 42.4 Å². The third-order valence-corrected chi connectivity index (χ3v) is 9.20. The number of hydrogen-bond donors (Lipinski definition) is 2. The van der Waals surface area contributed by atoms with Crippen LogP contribution in [0.4, 0.5) is 8.78 Å². The van der Waals surface area contributed by atoms with E-state index in [1.807, 2.05) is 0 Å². The average Bonchev–Trinajstić information content (AvgIpc) is 3.68. The SMILES string of the molecule is CC(F)(F)CCc1cnc(-c2ccc(S(=O)(=O)C3(C(=O)NO)CCN(C4CC4)CC3)cc2)cn1. The highest BCUT2D eigenvalue weighted by Gasteiger charge is 2.53. The van der Waals surface area contributed by atoms with Gasteiger partial charge in [-0.2, -0.15) is 0 Å². The number of benzene rings is 1. The van der Waals surface area contributed by atoms with Crippen LogP contribution in [0.15, 0.2) is 41.6 Å². The third-order valence-electron chi connectivity index (χ3n) is 6.68. The van der Waals surface area contributed by atoms with Crippen LogP contribution in [0, 0.1) is 0 Å². The van der Waals surface area contributed by atoms with Crippen LogP contribution in [-0.2, 0) is 21.1 Å². The monoisotopic (exact) mass is 494 g/mol. The lowest BCUT2D eigenvalue weighted by Gasteiger charge is -2.39. The molecule has 2 fully saturated rings. The molecule has 8 nitrogen and oxygen atoms in total. The molecule has 34 heavy (non-hydrogen) atoms. The van der Waals surface area contributed by atoms with E-state index < -0.39 is 26.4 Å². The van der Waals surface area contributed by atoms with Crippen LogP contribution >= 0.6 is 0 Å². The van der Waals surface area contributed by atoms with Crippen molar-refractivity contribution in [3.8, 4) is 11.3 Å². The molecule has 2 heterocycles. The van der Waals surface area contributed by atoms with Gasteiger partial charge in [0.25, 0.3) is 5.91 Å². The van der Waals surface area contributed by atoms with Crippen LogP contribution in [0.3, 0.4) is 0 Å². The standard InChI is InChI=1S/C23H28F2N4O4S/c1-22(24,25)9-8-17-14-27-20(15-26-17)16-2-6-19(7-3-16)34(32,33)23(21(30)28-31)10-12-29(13-11-23)18-4-5-18/h2-3,6-7,14-15,18,31H,4-5,8-13H2,1H3,(H,28,30). The fraction of sp³-hybridized carbons (Fsp3) is 0.522. The van der Waals surface area contributed by atoms with Crippen LogP contribution in [0.5, 0.6) is 0 Å². The van der Waals surface area contributed by atoms with Gasteiger partial charge >= 0.3 is 0 Å². The maximum Gasteiger partial charge on any atom is 0.265 e. The van der Waals surface area contributed by atoms with Gasteiger partial charge in [0, 0.05) is 37.3 Å². The van der Waals surface area contributed by atoms with Gasteiger partial charge in [0.1, 0.15) is 0 Å². The Morgan fingerprint density at radius 2 is 1.82 bits per heavy atom. The lowest BCUT2D eigenvalue weighted by molar-refractivity contribution is -0.133. The maximum absolute atomic E-state index is 13.6. The molecule has 1 aromatic heterocycles. The summed E-state index contributed by atoms with van der Waals surface area (Å²) in [5, 5.41) is 9.31. The molecule has 1 saturated heterocycles. The Morgan fingerprint density at radius 1 is 1.18 bits per heavy atom. The Hall–Kier alpha value is -2.50. The Kier molecular flexibility index (Phi) is 6.71. The van der Waals surface area contributed by atoms with E-state index in [1.165, 1.54) is 24.5 Å². The van der Waals surface area contributed by atoms with Crippen molar-refractivity contribution in [1.29, 1.82) is 0 Å². The molecule has 0 atom stereocenters. The molecule has 4 rings (SSSR count). The van der Waals surface area contributed by atoms with Gasteiger partial charge in [-0.25, -0.2) is 22.7 Å². The van der Waals surface area contributed by atoms with Gasteiger partial charge in [0.2, 0.25) is 5.92 Å². The maximum atomic E-state index is 13.6. The zero-order valence-corrected chi connectivity index (χ0v) is 19.7. The summed E-state index contributed by atoms with van der Waals surface area (Å²) >= 11 is 0. The molecule has 1 aromatic carbocycles. The molecule has 0 unspecified atom stereocenters. The topological polar surface area (TPSA) is 112 Å². The molecule has 184 valence electrons. The molecule has 1 aliphatic heterocycles. The number of amides is 1. The van der Waals surface area contributed by atoms with Crippen molar-refractivity contribution in [2.45, 2.75) is 67.1 Å². The number of carbonyl (C=O) groups excluding carboxylic acids is 1. The number of nitrogens with zero attached hydrogens (tertiary/aromatic N) is 3. The summed E-state index contributed by atoms with van der Waals surface area (Å²) in [6.07, 6.45) is 5.04. The summed E-state index contributed by atoms with van der Waals surface area (Å²) in [6, 6.07) is 6.43. The minimum absolute atomic E-state index is 0.0190. The summed E-state index contributed by atoms with van der Waals surface area (Å²) in [5.41, 5.74) is 3.08. The Labute approximate surface area is 197 Å². The molecule has 11 heteroatoms. The molecule has 2 aliphatic rings. The molecule has 0 bridgehead atoms. The van der Waals surface area contributed by atoms with Crippen molar-refractivity contribution in [1.82, 2.24) is 20.3 Å². The fourth-order valence-corrected chi connectivity index (χ4v) is 6.38. The van der Waals surface area contributed by atoms with Crippen molar-refractivity contribution < 1.29 is 27.2 Å². The average molecular weight is 495 g/mol.